The molecule has 0 aliphatic rings. The molecule has 0 bridgehead atoms. The van der Waals surface area contributed by atoms with Crippen LogP contribution < -0.4 is 0 Å². The monoisotopic (exact) mass is 261 g/mol. The van der Waals surface area contributed by atoms with Crippen molar-refractivity contribution in [1.29, 1.82) is 0 Å². The maximum absolute atomic E-state index is 6.06. The Hall–Kier alpha value is -1.48. The van der Waals surface area contributed by atoms with Gasteiger partial charge in [-0.25, -0.2) is 9.97 Å². The van der Waals surface area contributed by atoms with Crippen LogP contribution in [-0.2, 0) is 11.8 Å². The van der Waals surface area contributed by atoms with Crippen LogP contribution in [0.25, 0.3) is 0 Å². The minimum Gasteiger partial charge on any atom is -0.265 e. The van der Waals surface area contributed by atoms with E-state index in [-0.39, 0.29) is 5.41 Å². The van der Waals surface area contributed by atoms with E-state index in [2.05, 4.69) is 35.7 Å². The number of aromatic nitrogens is 3. The van der Waals surface area contributed by atoms with Crippen molar-refractivity contribution >= 4 is 11.6 Å². The van der Waals surface area contributed by atoms with E-state index in [9.17, 15) is 0 Å². The van der Waals surface area contributed by atoms with Crippen molar-refractivity contribution in [3.63, 3.8) is 0 Å². The van der Waals surface area contributed by atoms with Crippen molar-refractivity contribution in [2.75, 3.05) is 0 Å². The van der Waals surface area contributed by atoms with Gasteiger partial charge in [0.25, 0.3) is 0 Å². The van der Waals surface area contributed by atoms with E-state index in [0.29, 0.717) is 11.6 Å². The molecular weight excluding hydrogens is 246 g/mol. The Morgan fingerprint density at radius 3 is 2.39 bits per heavy atom. The summed E-state index contributed by atoms with van der Waals surface area (Å²) in [7, 11) is 0. The maximum Gasteiger partial charge on any atom is 0.134 e. The summed E-state index contributed by atoms with van der Waals surface area (Å²) < 4.78 is 0. The van der Waals surface area contributed by atoms with E-state index >= 15 is 0 Å². The lowest BCUT2D eigenvalue weighted by molar-refractivity contribution is 0.563. The predicted octanol–water partition coefficient (Wildman–Crippen LogP) is 3.41. The molecule has 2 aromatic heterocycles. The second-order valence-electron chi connectivity index (χ2n) is 5.27. The van der Waals surface area contributed by atoms with E-state index < -0.39 is 0 Å². The summed E-state index contributed by atoms with van der Waals surface area (Å²) in [5, 5.41) is 0.499. The van der Waals surface area contributed by atoms with Crippen LogP contribution in [0.3, 0.4) is 0 Å². The molecule has 18 heavy (non-hydrogen) atoms. The lowest BCUT2D eigenvalue weighted by atomic mass is 9.92. The lowest BCUT2D eigenvalue weighted by Crippen LogP contribution is -2.15. The van der Waals surface area contributed by atoms with Gasteiger partial charge in [-0.05, 0) is 23.8 Å². The zero-order chi connectivity index (χ0) is 13.2. The standard InChI is InChI=1S/C14H16ClN3/c1-14(2,3)11-9-12(15)18-13(17-11)8-10-4-6-16-7-5-10/h4-7,9H,8H2,1-3H3. The molecule has 0 fully saturated rings. The number of hydrogen-bond donors (Lipinski definition) is 0. The SMILES string of the molecule is CC(C)(C)c1cc(Cl)nc(Cc2ccncc2)n1. The molecule has 2 heterocycles. The predicted molar refractivity (Wildman–Crippen MR) is 72.8 cm³/mol. The van der Waals surface area contributed by atoms with E-state index in [1.807, 2.05) is 18.2 Å². The topological polar surface area (TPSA) is 38.7 Å². The van der Waals surface area contributed by atoms with Crippen LogP contribution in [-0.4, -0.2) is 15.0 Å². The molecule has 0 aliphatic heterocycles. The van der Waals surface area contributed by atoms with Gasteiger partial charge in [-0.1, -0.05) is 32.4 Å². The lowest BCUT2D eigenvalue weighted by Gasteiger charge is -2.18. The average molecular weight is 262 g/mol. The molecule has 0 spiro atoms. The van der Waals surface area contributed by atoms with Gasteiger partial charge < -0.3 is 0 Å². The van der Waals surface area contributed by atoms with Gasteiger partial charge in [0.1, 0.15) is 11.0 Å². The van der Waals surface area contributed by atoms with Crippen LogP contribution >= 0.6 is 11.6 Å². The van der Waals surface area contributed by atoms with Crippen LogP contribution in [0.2, 0.25) is 5.15 Å². The Kier molecular flexibility index (Phi) is 3.62. The van der Waals surface area contributed by atoms with Crippen LogP contribution in [0.1, 0.15) is 37.9 Å². The maximum atomic E-state index is 6.06. The van der Waals surface area contributed by atoms with Gasteiger partial charge >= 0.3 is 0 Å². The molecule has 0 saturated carbocycles. The summed E-state index contributed by atoms with van der Waals surface area (Å²) in [6, 6.07) is 5.75. The van der Waals surface area contributed by atoms with Gasteiger partial charge in [0.05, 0.1) is 5.69 Å². The van der Waals surface area contributed by atoms with Gasteiger partial charge in [-0.3, -0.25) is 4.98 Å². The first-order valence-electron chi connectivity index (χ1n) is 5.88. The highest BCUT2D eigenvalue weighted by atomic mass is 35.5. The van der Waals surface area contributed by atoms with E-state index in [0.717, 1.165) is 17.1 Å². The fourth-order valence-electron chi connectivity index (χ4n) is 1.61. The van der Waals surface area contributed by atoms with E-state index in [4.69, 9.17) is 11.6 Å². The van der Waals surface area contributed by atoms with Crippen molar-refractivity contribution < 1.29 is 0 Å². The van der Waals surface area contributed by atoms with Crippen LogP contribution in [0.15, 0.2) is 30.6 Å². The van der Waals surface area contributed by atoms with Gasteiger partial charge in [-0.2, -0.15) is 0 Å². The Bertz CT molecular complexity index is 532. The van der Waals surface area contributed by atoms with E-state index in [1.54, 1.807) is 12.4 Å². The first kappa shape index (κ1) is 13.0. The highest BCUT2D eigenvalue weighted by Crippen LogP contribution is 2.22. The number of pyridine rings is 1. The van der Waals surface area contributed by atoms with Crippen LogP contribution in [0, 0.1) is 0 Å². The second-order valence-corrected chi connectivity index (χ2v) is 5.66. The summed E-state index contributed by atoms with van der Waals surface area (Å²) in [6.07, 6.45) is 4.21. The summed E-state index contributed by atoms with van der Waals surface area (Å²) in [6.45, 7) is 6.34. The molecule has 0 atom stereocenters. The highest BCUT2D eigenvalue weighted by Gasteiger charge is 2.17. The summed E-state index contributed by atoms with van der Waals surface area (Å²) in [4.78, 5) is 12.9. The molecule has 0 N–H and O–H groups in total. The molecule has 0 aliphatic carbocycles. The van der Waals surface area contributed by atoms with Gasteiger partial charge in [0.15, 0.2) is 0 Å². The van der Waals surface area contributed by atoms with Gasteiger partial charge in [0, 0.05) is 24.2 Å². The smallest absolute Gasteiger partial charge is 0.134 e. The number of nitrogens with zero attached hydrogens (tertiary/aromatic N) is 3. The van der Waals surface area contributed by atoms with Crippen molar-refractivity contribution in [2.24, 2.45) is 0 Å². The Morgan fingerprint density at radius 2 is 1.78 bits per heavy atom. The van der Waals surface area contributed by atoms with Crippen LogP contribution in [0.5, 0.6) is 0 Å². The summed E-state index contributed by atoms with van der Waals surface area (Å²) in [5.41, 5.74) is 2.07. The molecule has 94 valence electrons. The summed E-state index contributed by atoms with van der Waals surface area (Å²) >= 11 is 6.06. The van der Waals surface area contributed by atoms with Crippen LogP contribution in [0.4, 0.5) is 0 Å². The van der Waals surface area contributed by atoms with Crippen molar-refractivity contribution in [3.05, 3.63) is 52.8 Å². The third kappa shape index (κ3) is 3.26. The molecule has 0 saturated heterocycles. The molecule has 2 rings (SSSR count). The van der Waals surface area contributed by atoms with Crippen molar-refractivity contribution in [2.45, 2.75) is 32.6 Å². The number of rotatable bonds is 2. The molecule has 0 aromatic carbocycles. The van der Waals surface area contributed by atoms with E-state index in [1.165, 1.54) is 0 Å². The molecule has 0 unspecified atom stereocenters. The molecule has 3 nitrogen and oxygen atoms in total. The Balaban J connectivity index is 2.32. The largest absolute Gasteiger partial charge is 0.265 e. The van der Waals surface area contributed by atoms with Crippen molar-refractivity contribution in [3.8, 4) is 0 Å². The molecule has 2 aromatic rings. The molecular formula is C14H16ClN3. The quantitative estimate of drug-likeness (QED) is 0.778. The molecule has 0 amide bonds. The molecule has 4 heteroatoms. The highest BCUT2D eigenvalue weighted by molar-refractivity contribution is 6.29. The fourth-order valence-corrected chi connectivity index (χ4v) is 1.81. The number of hydrogen-bond acceptors (Lipinski definition) is 3. The fraction of sp³-hybridized carbons (Fsp3) is 0.357. The second kappa shape index (κ2) is 5.02. The van der Waals surface area contributed by atoms with Gasteiger partial charge in [-0.15, -0.1) is 0 Å². The Morgan fingerprint density at radius 1 is 1.11 bits per heavy atom. The molecule has 0 radical (unpaired) electrons. The normalized spacial score (nSPS) is 11.6. The first-order valence-corrected chi connectivity index (χ1v) is 6.26. The van der Waals surface area contributed by atoms with Gasteiger partial charge in [0.2, 0.25) is 0 Å². The van der Waals surface area contributed by atoms with Crippen molar-refractivity contribution in [1.82, 2.24) is 15.0 Å². The number of halogens is 1. The third-order valence-electron chi connectivity index (χ3n) is 2.62. The average Bonchev–Trinajstić information content (AvgIpc) is 2.28. The zero-order valence-corrected chi connectivity index (χ0v) is 11.6. The Labute approximate surface area is 112 Å². The first-order chi connectivity index (χ1) is 8.45. The minimum atomic E-state index is -0.0282. The minimum absolute atomic E-state index is 0.0282. The summed E-state index contributed by atoms with van der Waals surface area (Å²) in [5.74, 6) is 0.749. The zero-order valence-electron chi connectivity index (χ0n) is 10.8. The third-order valence-corrected chi connectivity index (χ3v) is 2.81.